The van der Waals surface area contributed by atoms with Gasteiger partial charge in [-0.25, -0.2) is 0 Å². The lowest BCUT2D eigenvalue weighted by molar-refractivity contribution is 0.101. The summed E-state index contributed by atoms with van der Waals surface area (Å²) in [5, 5.41) is 21.0. The van der Waals surface area contributed by atoms with E-state index in [1.807, 2.05) is 17.5 Å². The molecule has 0 saturated heterocycles. The number of nitrogens with zero attached hydrogens (tertiary/aromatic N) is 3. The van der Waals surface area contributed by atoms with Crippen LogP contribution in [-0.4, -0.2) is 10.7 Å². The van der Waals surface area contributed by atoms with Crippen molar-refractivity contribution in [2.45, 2.75) is 0 Å². The van der Waals surface area contributed by atoms with E-state index in [-0.39, 0.29) is 11.4 Å². The molecule has 0 N–H and O–H groups in total. The van der Waals surface area contributed by atoms with Gasteiger partial charge >= 0.3 is 0 Å². The highest BCUT2D eigenvalue weighted by Crippen LogP contribution is 2.27. The van der Waals surface area contributed by atoms with E-state index in [2.05, 4.69) is 0 Å². The number of halogens is 1. The van der Waals surface area contributed by atoms with Gasteiger partial charge in [0.25, 0.3) is 0 Å². The summed E-state index contributed by atoms with van der Waals surface area (Å²) in [7, 11) is 0. The van der Waals surface area contributed by atoms with Crippen LogP contribution in [0.1, 0.15) is 15.2 Å². The zero-order valence-corrected chi connectivity index (χ0v) is 15.5. The predicted molar refractivity (Wildman–Crippen MR) is 106 cm³/mol. The fourth-order valence-electron chi connectivity index (χ4n) is 2.49. The lowest BCUT2D eigenvalue weighted by Gasteiger charge is -2.25. The quantitative estimate of drug-likeness (QED) is 0.403. The molecular weight excluding hydrogens is 378 g/mol. The fourth-order valence-corrected chi connectivity index (χ4v) is 3.29. The van der Waals surface area contributed by atoms with Crippen molar-refractivity contribution < 1.29 is 4.79 Å². The molecule has 0 radical (unpaired) electrons. The Kier molecular flexibility index (Phi) is 5.68. The van der Waals surface area contributed by atoms with E-state index < -0.39 is 0 Å². The molecule has 0 bridgehead atoms. The second-order valence-corrected chi connectivity index (χ2v) is 6.83. The van der Waals surface area contributed by atoms with Crippen molar-refractivity contribution in [1.29, 1.82) is 10.5 Å². The van der Waals surface area contributed by atoms with Crippen molar-refractivity contribution in [3.05, 3.63) is 98.6 Å². The van der Waals surface area contributed by atoms with Gasteiger partial charge in [-0.3, -0.25) is 4.79 Å². The summed E-state index contributed by atoms with van der Waals surface area (Å²) >= 11 is 7.28. The number of carbonyl (C=O) groups excluding carboxylic acids is 1. The van der Waals surface area contributed by atoms with Gasteiger partial charge in [0.1, 0.15) is 12.1 Å². The molecule has 27 heavy (non-hydrogen) atoms. The fraction of sp³-hybridized carbons (Fsp3) is 0. The molecule has 0 saturated carbocycles. The highest BCUT2D eigenvalue weighted by Gasteiger charge is 2.24. The highest BCUT2D eigenvalue weighted by molar-refractivity contribution is 7.12. The van der Waals surface area contributed by atoms with Gasteiger partial charge in [-0.15, -0.1) is 11.3 Å². The maximum Gasteiger partial charge on any atom is 0.219 e. The largest absolute Gasteiger partial charge is 0.312 e. The van der Waals surface area contributed by atoms with E-state index in [0.29, 0.717) is 21.3 Å². The van der Waals surface area contributed by atoms with Crippen LogP contribution in [-0.2, 0) is 0 Å². The van der Waals surface area contributed by atoms with Crippen LogP contribution < -0.4 is 0 Å². The molecule has 0 amide bonds. The Morgan fingerprint density at radius 2 is 1.85 bits per heavy atom. The van der Waals surface area contributed by atoms with E-state index in [9.17, 15) is 15.3 Å². The minimum absolute atomic E-state index is 0.0726. The molecule has 1 aliphatic rings. The molecule has 0 atom stereocenters. The number of allylic oxidation sites excluding steroid dienone is 5. The van der Waals surface area contributed by atoms with Crippen molar-refractivity contribution in [1.82, 2.24) is 4.90 Å². The molecule has 1 aliphatic heterocycles. The zero-order valence-electron chi connectivity index (χ0n) is 14.0. The van der Waals surface area contributed by atoms with Gasteiger partial charge < -0.3 is 4.90 Å². The summed E-state index contributed by atoms with van der Waals surface area (Å²) in [5.41, 5.74) is 1.39. The zero-order chi connectivity index (χ0) is 19.2. The average molecular weight is 390 g/mol. The van der Waals surface area contributed by atoms with E-state index in [1.54, 1.807) is 71.8 Å². The van der Waals surface area contributed by atoms with Gasteiger partial charge in [-0.1, -0.05) is 35.9 Å². The molecule has 2 heterocycles. The first-order chi connectivity index (χ1) is 13.1. The van der Waals surface area contributed by atoms with Crippen molar-refractivity contribution in [2.24, 2.45) is 0 Å². The minimum atomic E-state index is -0.201. The molecule has 0 spiro atoms. The third-order valence-electron chi connectivity index (χ3n) is 3.75. The number of nitriles is 2. The number of Topliss-reactive ketones (excluding diaryl/α,β-unsaturated/α-hetero) is 1. The third-order valence-corrected chi connectivity index (χ3v) is 4.87. The van der Waals surface area contributed by atoms with Crippen LogP contribution in [0.4, 0.5) is 0 Å². The molecule has 0 fully saturated rings. The molecule has 6 heteroatoms. The van der Waals surface area contributed by atoms with Gasteiger partial charge in [0.05, 0.1) is 16.3 Å². The van der Waals surface area contributed by atoms with Crippen molar-refractivity contribution in [3.63, 3.8) is 0 Å². The predicted octanol–water partition coefficient (Wildman–Crippen LogP) is 5.31. The molecule has 0 aliphatic carbocycles. The van der Waals surface area contributed by atoms with Crippen LogP contribution in [0.5, 0.6) is 0 Å². The molecule has 4 nitrogen and oxygen atoms in total. The summed E-state index contributed by atoms with van der Waals surface area (Å²) in [4.78, 5) is 15.3. The number of hydrogen-bond acceptors (Lipinski definition) is 5. The van der Waals surface area contributed by atoms with Gasteiger partial charge in [0.15, 0.2) is 5.57 Å². The van der Waals surface area contributed by atoms with Crippen molar-refractivity contribution in [2.75, 3.05) is 0 Å². The number of carbonyl (C=O) groups is 1. The SMILES string of the molecule is N#CC(C#N)=C1C=CC=CN1/C(=C/c1ccc(Cl)cc1)C(=O)c1cccs1. The Morgan fingerprint density at radius 3 is 2.48 bits per heavy atom. The molecule has 130 valence electrons. The molecule has 2 aromatic rings. The second-order valence-electron chi connectivity index (χ2n) is 5.44. The Labute approximate surface area is 165 Å². The molecule has 1 aromatic carbocycles. The molecule has 3 rings (SSSR count). The second kappa shape index (κ2) is 8.33. The first-order valence-corrected chi connectivity index (χ1v) is 9.14. The van der Waals surface area contributed by atoms with E-state index in [1.165, 1.54) is 11.3 Å². The molecular formula is C21H12ClN3OS. The van der Waals surface area contributed by atoms with Crippen LogP contribution in [0.2, 0.25) is 5.02 Å². The number of ketones is 1. The minimum Gasteiger partial charge on any atom is -0.312 e. The number of hydrogen-bond donors (Lipinski definition) is 0. The van der Waals surface area contributed by atoms with E-state index in [4.69, 9.17) is 11.6 Å². The van der Waals surface area contributed by atoms with E-state index in [0.717, 1.165) is 5.56 Å². The standard InChI is InChI=1S/C21H12ClN3OS/c22-17-8-6-15(7-9-17)12-19(21(26)20-5-3-11-27-20)25-10-2-1-4-18(25)16(13-23)14-24/h1-12H/b19-12+. The van der Waals surface area contributed by atoms with Gasteiger partial charge in [-0.2, -0.15) is 10.5 Å². The monoisotopic (exact) mass is 389 g/mol. The Morgan fingerprint density at radius 1 is 1.11 bits per heavy atom. The summed E-state index contributed by atoms with van der Waals surface area (Å²) in [6.07, 6.45) is 8.48. The van der Waals surface area contributed by atoms with Crippen LogP contribution in [0.3, 0.4) is 0 Å². The lowest BCUT2D eigenvalue weighted by atomic mass is 10.1. The Bertz CT molecular complexity index is 1050. The summed E-state index contributed by atoms with van der Waals surface area (Å²) in [6.45, 7) is 0. The maximum absolute atomic E-state index is 13.1. The smallest absolute Gasteiger partial charge is 0.219 e. The Hall–Kier alpha value is -3.38. The summed E-state index contributed by atoms with van der Waals surface area (Å²) in [6, 6.07) is 14.4. The maximum atomic E-state index is 13.1. The molecule has 0 unspecified atom stereocenters. The Balaban J connectivity index is 2.16. The topological polar surface area (TPSA) is 67.9 Å². The summed E-state index contributed by atoms with van der Waals surface area (Å²) in [5.74, 6) is -0.201. The van der Waals surface area contributed by atoms with Crippen LogP contribution in [0.25, 0.3) is 6.08 Å². The van der Waals surface area contributed by atoms with Gasteiger partial charge in [0, 0.05) is 11.2 Å². The lowest BCUT2D eigenvalue weighted by Crippen LogP contribution is -2.23. The normalized spacial score (nSPS) is 13.2. The van der Waals surface area contributed by atoms with Crippen LogP contribution in [0.15, 0.2) is 83.2 Å². The number of rotatable bonds is 4. The number of thiophene rings is 1. The van der Waals surface area contributed by atoms with Gasteiger partial charge in [-0.05, 0) is 47.4 Å². The summed E-state index contributed by atoms with van der Waals surface area (Å²) < 4.78 is 0. The van der Waals surface area contributed by atoms with Gasteiger partial charge in [0.2, 0.25) is 5.78 Å². The first kappa shape index (κ1) is 18.4. The van der Waals surface area contributed by atoms with E-state index >= 15 is 0 Å². The average Bonchev–Trinajstić information content (AvgIpc) is 3.23. The first-order valence-electron chi connectivity index (χ1n) is 7.88. The third kappa shape index (κ3) is 4.07. The van der Waals surface area contributed by atoms with Crippen LogP contribution in [0, 0.1) is 22.7 Å². The van der Waals surface area contributed by atoms with Crippen LogP contribution >= 0.6 is 22.9 Å². The van der Waals surface area contributed by atoms with Crippen molar-refractivity contribution >= 4 is 34.8 Å². The number of benzene rings is 1. The molecule has 1 aromatic heterocycles. The van der Waals surface area contributed by atoms with Crippen molar-refractivity contribution in [3.8, 4) is 12.1 Å². The highest BCUT2D eigenvalue weighted by atomic mass is 35.5.